The third kappa shape index (κ3) is 2.46. The Kier molecular flexibility index (Phi) is 3.28. The van der Waals surface area contributed by atoms with Crippen molar-refractivity contribution in [2.24, 2.45) is 0 Å². The second-order valence-corrected chi connectivity index (χ2v) is 8.19. The second-order valence-electron chi connectivity index (χ2n) is 7.11. The molecule has 0 saturated carbocycles. The van der Waals surface area contributed by atoms with Crippen molar-refractivity contribution in [2.75, 3.05) is 0 Å². The van der Waals surface area contributed by atoms with Crippen LogP contribution >= 0.6 is 11.3 Å². The Morgan fingerprint density at radius 2 is 1.48 bits per heavy atom. The highest BCUT2D eigenvalue weighted by atomic mass is 32.1. The number of hydrogen-bond acceptors (Lipinski definition) is 1. The van der Waals surface area contributed by atoms with Crippen molar-refractivity contribution in [3.8, 4) is 11.1 Å². The van der Waals surface area contributed by atoms with Gasteiger partial charge in [-0.3, -0.25) is 0 Å². The van der Waals surface area contributed by atoms with Crippen LogP contribution in [0, 0.1) is 0 Å². The van der Waals surface area contributed by atoms with E-state index in [1.165, 1.54) is 36.9 Å². The van der Waals surface area contributed by atoms with Gasteiger partial charge in [0.2, 0.25) is 0 Å². The molecule has 0 saturated heterocycles. The summed E-state index contributed by atoms with van der Waals surface area (Å²) < 4.78 is 2.76. The van der Waals surface area contributed by atoms with Crippen LogP contribution in [0.2, 0.25) is 0 Å². The van der Waals surface area contributed by atoms with Gasteiger partial charge in [-0.05, 0) is 34.2 Å². The zero-order chi connectivity index (χ0) is 16.0. The largest absolute Gasteiger partial charge is 0.135 e. The van der Waals surface area contributed by atoms with Gasteiger partial charge in [0, 0.05) is 20.2 Å². The lowest BCUT2D eigenvalue weighted by Crippen LogP contribution is -2.11. The van der Waals surface area contributed by atoms with Gasteiger partial charge in [0.25, 0.3) is 0 Å². The smallest absolute Gasteiger partial charge is 0.0361 e. The molecule has 0 aliphatic carbocycles. The van der Waals surface area contributed by atoms with Crippen molar-refractivity contribution in [1.29, 1.82) is 0 Å². The Bertz CT molecular complexity index is 985. The Morgan fingerprint density at radius 3 is 2.22 bits per heavy atom. The van der Waals surface area contributed by atoms with Crippen LogP contribution in [0.3, 0.4) is 0 Å². The highest BCUT2D eigenvalue weighted by Crippen LogP contribution is 2.41. The van der Waals surface area contributed by atoms with E-state index in [4.69, 9.17) is 0 Å². The minimum atomic E-state index is 0.158. The highest BCUT2D eigenvalue weighted by molar-refractivity contribution is 7.25. The molecule has 0 nitrogen and oxygen atoms in total. The van der Waals surface area contributed by atoms with Crippen molar-refractivity contribution in [2.45, 2.75) is 26.2 Å². The fourth-order valence-corrected chi connectivity index (χ4v) is 4.43. The molecule has 4 aromatic rings. The molecule has 0 aliphatic heterocycles. The third-order valence-electron chi connectivity index (χ3n) is 4.41. The maximum Gasteiger partial charge on any atom is 0.0361 e. The van der Waals surface area contributed by atoms with Crippen molar-refractivity contribution in [1.82, 2.24) is 0 Å². The van der Waals surface area contributed by atoms with Gasteiger partial charge in [0.1, 0.15) is 0 Å². The number of benzene rings is 3. The van der Waals surface area contributed by atoms with E-state index in [1.807, 2.05) is 11.3 Å². The van der Waals surface area contributed by atoms with Crippen LogP contribution in [0.1, 0.15) is 26.3 Å². The monoisotopic (exact) mass is 316 g/mol. The second kappa shape index (κ2) is 5.21. The Morgan fingerprint density at radius 1 is 0.696 bits per heavy atom. The van der Waals surface area contributed by atoms with Gasteiger partial charge in [0.15, 0.2) is 0 Å². The van der Waals surface area contributed by atoms with E-state index in [-0.39, 0.29) is 5.41 Å². The normalized spacial score (nSPS) is 12.1. The van der Waals surface area contributed by atoms with Gasteiger partial charge in [0.05, 0.1) is 0 Å². The third-order valence-corrected chi connectivity index (χ3v) is 5.53. The van der Waals surface area contributed by atoms with E-state index in [0.29, 0.717) is 0 Å². The first-order valence-corrected chi connectivity index (χ1v) is 8.87. The molecule has 0 radical (unpaired) electrons. The van der Waals surface area contributed by atoms with Gasteiger partial charge in [-0.15, -0.1) is 11.3 Å². The SMILES string of the molecule is CC(C)(C)c1cccc2sc3cc(-c4ccccc4)ccc3c12. The summed E-state index contributed by atoms with van der Waals surface area (Å²) in [6.45, 7) is 6.89. The zero-order valence-corrected chi connectivity index (χ0v) is 14.6. The fourth-order valence-electron chi connectivity index (χ4n) is 3.26. The average Bonchev–Trinajstić information content (AvgIpc) is 2.92. The molecular formula is C22H20S. The number of fused-ring (bicyclic) bond motifs is 3. The van der Waals surface area contributed by atoms with Gasteiger partial charge < -0.3 is 0 Å². The van der Waals surface area contributed by atoms with Crippen molar-refractivity contribution in [3.05, 3.63) is 72.3 Å². The van der Waals surface area contributed by atoms with Crippen molar-refractivity contribution in [3.63, 3.8) is 0 Å². The quantitative estimate of drug-likeness (QED) is 0.354. The van der Waals surface area contributed by atoms with Crippen LogP contribution < -0.4 is 0 Å². The van der Waals surface area contributed by atoms with Crippen molar-refractivity contribution >= 4 is 31.5 Å². The minimum Gasteiger partial charge on any atom is -0.135 e. The molecule has 3 aromatic carbocycles. The van der Waals surface area contributed by atoms with Gasteiger partial charge >= 0.3 is 0 Å². The molecule has 1 heteroatoms. The predicted molar refractivity (Wildman–Crippen MR) is 103 cm³/mol. The fraction of sp³-hybridized carbons (Fsp3) is 0.182. The van der Waals surface area contributed by atoms with Crippen LogP contribution in [0.25, 0.3) is 31.3 Å². The molecule has 0 aliphatic rings. The summed E-state index contributed by atoms with van der Waals surface area (Å²) in [4.78, 5) is 0. The molecule has 0 bridgehead atoms. The lowest BCUT2D eigenvalue weighted by atomic mass is 9.84. The lowest BCUT2D eigenvalue weighted by Gasteiger charge is -2.20. The molecule has 23 heavy (non-hydrogen) atoms. The minimum absolute atomic E-state index is 0.158. The molecule has 1 aromatic heterocycles. The predicted octanol–water partition coefficient (Wildman–Crippen LogP) is 7.02. The van der Waals surface area contributed by atoms with Crippen LogP contribution in [0.5, 0.6) is 0 Å². The zero-order valence-electron chi connectivity index (χ0n) is 13.8. The average molecular weight is 316 g/mol. The Labute approximate surface area is 141 Å². The summed E-state index contributed by atoms with van der Waals surface area (Å²) in [5.74, 6) is 0. The molecule has 1 heterocycles. The van der Waals surface area contributed by atoms with Crippen LogP contribution in [-0.2, 0) is 5.41 Å². The van der Waals surface area contributed by atoms with Gasteiger partial charge in [-0.25, -0.2) is 0 Å². The standard InChI is InChI=1S/C22H20S/c1-22(2,3)18-10-7-11-19-21(18)17-13-12-16(14-20(17)23-19)15-8-5-4-6-9-15/h4-14H,1-3H3. The first-order chi connectivity index (χ1) is 11.0. The molecule has 0 N–H and O–H groups in total. The van der Waals surface area contributed by atoms with E-state index < -0.39 is 0 Å². The molecule has 0 spiro atoms. The summed E-state index contributed by atoms with van der Waals surface area (Å²) in [6, 6.07) is 24.2. The summed E-state index contributed by atoms with van der Waals surface area (Å²) >= 11 is 1.90. The first kappa shape index (κ1) is 14.5. The Hall–Kier alpha value is -2.12. The lowest BCUT2D eigenvalue weighted by molar-refractivity contribution is 0.596. The van der Waals surface area contributed by atoms with Gasteiger partial charge in [-0.2, -0.15) is 0 Å². The van der Waals surface area contributed by atoms with Crippen LogP contribution in [-0.4, -0.2) is 0 Å². The van der Waals surface area contributed by atoms with E-state index in [2.05, 4.69) is 87.5 Å². The topological polar surface area (TPSA) is 0 Å². The molecule has 4 rings (SSSR count). The summed E-state index contributed by atoms with van der Waals surface area (Å²) in [6.07, 6.45) is 0. The maximum atomic E-state index is 2.34. The highest BCUT2D eigenvalue weighted by Gasteiger charge is 2.19. The molecule has 114 valence electrons. The maximum absolute atomic E-state index is 2.34. The Balaban J connectivity index is 2.00. The van der Waals surface area contributed by atoms with Crippen molar-refractivity contribution < 1.29 is 0 Å². The van der Waals surface area contributed by atoms with E-state index in [0.717, 1.165) is 0 Å². The number of hydrogen-bond donors (Lipinski definition) is 0. The van der Waals surface area contributed by atoms with Gasteiger partial charge in [-0.1, -0.05) is 75.4 Å². The first-order valence-electron chi connectivity index (χ1n) is 8.05. The van der Waals surface area contributed by atoms with E-state index in [1.54, 1.807) is 0 Å². The van der Waals surface area contributed by atoms with E-state index in [9.17, 15) is 0 Å². The molecule has 0 atom stereocenters. The van der Waals surface area contributed by atoms with Crippen LogP contribution in [0.15, 0.2) is 66.7 Å². The summed E-state index contributed by atoms with van der Waals surface area (Å²) in [7, 11) is 0. The van der Waals surface area contributed by atoms with Crippen LogP contribution in [0.4, 0.5) is 0 Å². The number of rotatable bonds is 1. The molecule has 0 fully saturated rings. The number of thiophene rings is 1. The summed E-state index contributed by atoms with van der Waals surface area (Å²) in [5.41, 5.74) is 4.17. The summed E-state index contributed by atoms with van der Waals surface area (Å²) in [5, 5.41) is 2.81. The molecular weight excluding hydrogens is 296 g/mol. The molecule has 0 unspecified atom stereocenters. The van der Waals surface area contributed by atoms with E-state index >= 15 is 0 Å². The molecule has 0 amide bonds.